The number of ether oxygens (including phenoxy) is 3. The number of hydrogen-bond acceptors (Lipinski definition) is 5. The van der Waals surface area contributed by atoms with Crippen LogP contribution in [0.3, 0.4) is 0 Å². The molecular weight excluding hydrogens is 358 g/mol. The molecule has 27 heavy (non-hydrogen) atoms. The van der Waals surface area contributed by atoms with Crippen molar-refractivity contribution in [3.8, 4) is 17.2 Å². The predicted molar refractivity (Wildman–Crippen MR) is 96.7 cm³/mol. The van der Waals surface area contributed by atoms with Crippen molar-refractivity contribution in [2.45, 2.75) is 20.0 Å². The lowest BCUT2D eigenvalue weighted by molar-refractivity contribution is -0.123. The van der Waals surface area contributed by atoms with Crippen LogP contribution in [0.1, 0.15) is 18.1 Å². The quantitative estimate of drug-likeness (QED) is 0.536. The molecule has 2 aromatic carbocycles. The third kappa shape index (κ3) is 6.58. The van der Waals surface area contributed by atoms with Crippen LogP contribution < -0.4 is 19.6 Å². The highest BCUT2D eigenvalue weighted by Crippen LogP contribution is 2.28. The average Bonchev–Trinajstić information content (AvgIpc) is 2.66. The van der Waals surface area contributed by atoms with E-state index in [0.717, 1.165) is 6.42 Å². The molecule has 0 aliphatic carbocycles. The predicted octanol–water partition coefficient (Wildman–Crippen LogP) is 3.39. The average molecular weight is 378 g/mol. The van der Waals surface area contributed by atoms with Gasteiger partial charge in [-0.05, 0) is 47.9 Å². The van der Waals surface area contributed by atoms with Crippen molar-refractivity contribution in [2.75, 3.05) is 13.7 Å². The highest BCUT2D eigenvalue weighted by Gasteiger charge is 2.10. The maximum absolute atomic E-state index is 12.4. The molecule has 8 heteroatoms. The molecule has 0 aromatic heterocycles. The molecular formula is C19H20F2N2O4. The molecule has 0 unspecified atom stereocenters. The smallest absolute Gasteiger partial charge is 0.387 e. The molecule has 0 heterocycles. The standard InChI is InChI=1S/C19H20F2N2O4/c1-3-13-4-7-15(8-5-13)26-12-18(24)23-22-11-14-6-9-16(25-2)17(10-14)27-19(20)21/h4-11,19H,3,12H2,1-2H3,(H,23,24)/b22-11-. The summed E-state index contributed by atoms with van der Waals surface area (Å²) in [6.45, 7) is -1.13. The molecule has 0 radical (unpaired) electrons. The highest BCUT2D eigenvalue weighted by molar-refractivity contribution is 5.83. The Bertz CT molecular complexity index is 780. The summed E-state index contributed by atoms with van der Waals surface area (Å²) in [5, 5.41) is 3.77. The number of carbonyl (C=O) groups is 1. The number of hydrazone groups is 1. The van der Waals surface area contributed by atoms with Gasteiger partial charge in [-0.1, -0.05) is 19.1 Å². The second-order valence-corrected chi connectivity index (χ2v) is 5.37. The van der Waals surface area contributed by atoms with Crippen molar-refractivity contribution in [1.82, 2.24) is 5.43 Å². The van der Waals surface area contributed by atoms with E-state index in [4.69, 9.17) is 9.47 Å². The first-order chi connectivity index (χ1) is 13.0. The van der Waals surface area contributed by atoms with Gasteiger partial charge in [0.2, 0.25) is 0 Å². The van der Waals surface area contributed by atoms with Gasteiger partial charge in [-0.15, -0.1) is 0 Å². The fourth-order valence-corrected chi connectivity index (χ4v) is 2.14. The van der Waals surface area contributed by atoms with Gasteiger partial charge in [0.15, 0.2) is 18.1 Å². The summed E-state index contributed by atoms with van der Waals surface area (Å²) in [7, 11) is 1.34. The lowest BCUT2D eigenvalue weighted by atomic mass is 10.2. The molecule has 0 spiro atoms. The number of benzene rings is 2. The van der Waals surface area contributed by atoms with Gasteiger partial charge in [-0.2, -0.15) is 13.9 Å². The van der Waals surface area contributed by atoms with E-state index < -0.39 is 12.5 Å². The fraction of sp³-hybridized carbons (Fsp3) is 0.263. The largest absolute Gasteiger partial charge is 0.493 e. The number of methoxy groups -OCH3 is 1. The maximum atomic E-state index is 12.4. The third-order valence-electron chi connectivity index (χ3n) is 3.51. The second kappa shape index (κ2) is 10.1. The summed E-state index contributed by atoms with van der Waals surface area (Å²) in [5.41, 5.74) is 3.92. The monoisotopic (exact) mass is 378 g/mol. The Balaban J connectivity index is 1.87. The van der Waals surface area contributed by atoms with Crippen molar-refractivity contribution in [1.29, 1.82) is 0 Å². The second-order valence-electron chi connectivity index (χ2n) is 5.37. The number of nitrogens with one attached hydrogen (secondary N) is 1. The number of aryl methyl sites for hydroxylation is 1. The number of halogens is 2. The van der Waals surface area contributed by atoms with E-state index in [1.165, 1.54) is 31.0 Å². The number of hydrogen-bond donors (Lipinski definition) is 1. The van der Waals surface area contributed by atoms with Crippen molar-refractivity contribution in [3.05, 3.63) is 53.6 Å². The lowest BCUT2D eigenvalue weighted by Crippen LogP contribution is -2.24. The number of amides is 1. The van der Waals surface area contributed by atoms with E-state index in [1.807, 2.05) is 19.1 Å². The first kappa shape index (κ1) is 20.2. The summed E-state index contributed by atoms with van der Waals surface area (Å²) in [6, 6.07) is 11.8. The van der Waals surface area contributed by atoms with Crippen LogP contribution in [0.2, 0.25) is 0 Å². The Morgan fingerprint density at radius 1 is 1.19 bits per heavy atom. The maximum Gasteiger partial charge on any atom is 0.387 e. The summed E-state index contributed by atoms with van der Waals surface area (Å²) in [5.74, 6) is 0.166. The Labute approximate surface area is 155 Å². The minimum atomic E-state index is -2.98. The molecule has 0 aliphatic rings. The molecule has 0 fully saturated rings. The highest BCUT2D eigenvalue weighted by atomic mass is 19.3. The number of rotatable bonds is 9. The van der Waals surface area contributed by atoms with Crippen LogP contribution in [0.5, 0.6) is 17.2 Å². The van der Waals surface area contributed by atoms with E-state index in [1.54, 1.807) is 18.2 Å². The molecule has 6 nitrogen and oxygen atoms in total. The third-order valence-corrected chi connectivity index (χ3v) is 3.51. The summed E-state index contributed by atoms with van der Waals surface area (Å²) in [4.78, 5) is 11.7. The summed E-state index contributed by atoms with van der Waals surface area (Å²) in [6.07, 6.45) is 2.22. The zero-order chi connectivity index (χ0) is 19.6. The molecule has 144 valence electrons. The molecule has 0 saturated heterocycles. The van der Waals surface area contributed by atoms with E-state index >= 15 is 0 Å². The molecule has 0 atom stereocenters. The summed E-state index contributed by atoms with van der Waals surface area (Å²) < 4.78 is 39.5. The van der Waals surface area contributed by atoms with Crippen LogP contribution in [0, 0.1) is 0 Å². The zero-order valence-corrected chi connectivity index (χ0v) is 14.9. The Hall–Kier alpha value is -3.16. The Morgan fingerprint density at radius 2 is 1.93 bits per heavy atom. The van der Waals surface area contributed by atoms with E-state index in [0.29, 0.717) is 11.3 Å². The van der Waals surface area contributed by atoms with Gasteiger partial charge in [-0.25, -0.2) is 5.43 Å². The van der Waals surface area contributed by atoms with Gasteiger partial charge in [0.05, 0.1) is 13.3 Å². The number of alkyl halides is 2. The van der Waals surface area contributed by atoms with Gasteiger partial charge in [-0.3, -0.25) is 4.79 Å². The van der Waals surface area contributed by atoms with Crippen molar-refractivity contribution in [3.63, 3.8) is 0 Å². The minimum Gasteiger partial charge on any atom is -0.493 e. The van der Waals surface area contributed by atoms with Gasteiger partial charge < -0.3 is 14.2 Å². The van der Waals surface area contributed by atoms with Gasteiger partial charge in [0.1, 0.15) is 5.75 Å². The van der Waals surface area contributed by atoms with Crippen LogP contribution in [-0.2, 0) is 11.2 Å². The van der Waals surface area contributed by atoms with Gasteiger partial charge in [0.25, 0.3) is 5.91 Å². The molecule has 2 aromatic rings. The SMILES string of the molecule is CCc1ccc(OCC(=O)N/N=C\c2ccc(OC)c(OC(F)F)c2)cc1. The van der Waals surface area contributed by atoms with Crippen LogP contribution in [0.15, 0.2) is 47.6 Å². The van der Waals surface area contributed by atoms with Crippen LogP contribution in [-0.4, -0.2) is 32.4 Å². The van der Waals surface area contributed by atoms with Crippen molar-refractivity contribution >= 4 is 12.1 Å². The minimum absolute atomic E-state index is 0.123. The van der Waals surface area contributed by atoms with Gasteiger partial charge in [0, 0.05) is 0 Å². The van der Waals surface area contributed by atoms with Crippen molar-refractivity contribution < 1.29 is 27.8 Å². The Kier molecular flexibility index (Phi) is 7.54. The fourth-order valence-electron chi connectivity index (χ4n) is 2.14. The molecule has 0 bridgehead atoms. The number of carbonyl (C=O) groups excluding carboxylic acids is 1. The first-order valence-corrected chi connectivity index (χ1v) is 8.18. The molecule has 0 saturated carbocycles. The van der Waals surface area contributed by atoms with Crippen LogP contribution in [0.4, 0.5) is 8.78 Å². The topological polar surface area (TPSA) is 69.2 Å². The lowest BCUT2D eigenvalue weighted by Gasteiger charge is -2.10. The van der Waals surface area contributed by atoms with E-state index in [2.05, 4.69) is 15.3 Å². The van der Waals surface area contributed by atoms with Crippen LogP contribution >= 0.6 is 0 Å². The van der Waals surface area contributed by atoms with E-state index in [9.17, 15) is 13.6 Å². The molecule has 0 aliphatic heterocycles. The van der Waals surface area contributed by atoms with Crippen molar-refractivity contribution in [2.24, 2.45) is 5.10 Å². The zero-order valence-electron chi connectivity index (χ0n) is 14.9. The molecule has 1 N–H and O–H groups in total. The first-order valence-electron chi connectivity index (χ1n) is 8.18. The van der Waals surface area contributed by atoms with Gasteiger partial charge >= 0.3 is 6.61 Å². The summed E-state index contributed by atoms with van der Waals surface area (Å²) >= 11 is 0. The van der Waals surface area contributed by atoms with Crippen LogP contribution in [0.25, 0.3) is 0 Å². The Morgan fingerprint density at radius 3 is 2.56 bits per heavy atom. The molecule has 2 rings (SSSR count). The molecule has 1 amide bonds. The van der Waals surface area contributed by atoms with E-state index in [-0.39, 0.29) is 18.1 Å². The number of nitrogens with zero attached hydrogens (tertiary/aromatic N) is 1. The normalized spacial score (nSPS) is 10.9.